The first-order valence-electron chi connectivity index (χ1n) is 6.15. The minimum atomic E-state index is -0.963. The highest BCUT2D eigenvalue weighted by Gasteiger charge is 2.56. The smallest absolute Gasteiger partial charge is 0.240 e. The Morgan fingerprint density at radius 1 is 1.25 bits per heavy atom. The van der Waals surface area contributed by atoms with Crippen LogP contribution in [0, 0.1) is 5.41 Å². The van der Waals surface area contributed by atoms with Gasteiger partial charge >= 0.3 is 0 Å². The first kappa shape index (κ1) is 14.9. The number of benzene rings is 1. The van der Waals surface area contributed by atoms with Crippen LogP contribution in [0.1, 0.15) is 12.8 Å². The zero-order chi connectivity index (χ0) is 14.8. The average Bonchev–Trinajstić information content (AvgIpc) is 3.22. The van der Waals surface area contributed by atoms with Gasteiger partial charge in [-0.05, 0) is 31.0 Å². The van der Waals surface area contributed by atoms with E-state index >= 15 is 0 Å². The zero-order valence-corrected chi connectivity index (χ0v) is 12.2. The molecule has 1 saturated carbocycles. The summed E-state index contributed by atoms with van der Waals surface area (Å²) in [6.45, 7) is 3.87. The van der Waals surface area contributed by atoms with Gasteiger partial charge < -0.3 is 10.6 Å². The van der Waals surface area contributed by atoms with Crippen molar-refractivity contribution in [2.24, 2.45) is 5.41 Å². The van der Waals surface area contributed by atoms with Crippen LogP contribution in [-0.4, -0.2) is 18.4 Å². The van der Waals surface area contributed by atoms with Crippen LogP contribution in [-0.2, 0) is 9.59 Å². The van der Waals surface area contributed by atoms with E-state index in [0.29, 0.717) is 35.1 Å². The Kier molecular flexibility index (Phi) is 4.35. The summed E-state index contributed by atoms with van der Waals surface area (Å²) in [5, 5.41) is 6.12. The normalized spacial score (nSPS) is 15.3. The Bertz CT molecular complexity index is 568. The van der Waals surface area contributed by atoms with Gasteiger partial charge in [-0.25, -0.2) is 0 Å². The van der Waals surface area contributed by atoms with Gasteiger partial charge in [-0.2, -0.15) is 0 Å². The lowest BCUT2D eigenvalue weighted by atomic mass is 10.1. The number of nitrogens with one attached hydrogen (secondary N) is 2. The van der Waals surface area contributed by atoms with Crippen molar-refractivity contribution in [3.05, 3.63) is 40.9 Å². The summed E-state index contributed by atoms with van der Waals surface area (Å²) in [5.74, 6) is -0.590. The number of amides is 2. The lowest BCUT2D eigenvalue weighted by molar-refractivity contribution is -0.134. The number of hydrogen-bond donors (Lipinski definition) is 2. The molecule has 0 aromatic heterocycles. The highest BCUT2D eigenvalue weighted by molar-refractivity contribution is 6.42. The van der Waals surface area contributed by atoms with Gasteiger partial charge in [0.05, 0.1) is 10.0 Å². The molecule has 2 amide bonds. The summed E-state index contributed by atoms with van der Waals surface area (Å²) < 4.78 is 0. The Balaban J connectivity index is 2.06. The predicted molar refractivity (Wildman–Crippen MR) is 80.0 cm³/mol. The number of halogens is 2. The second-order valence-electron chi connectivity index (χ2n) is 4.66. The minimum Gasteiger partial charge on any atom is -0.352 e. The fourth-order valence-electron chi connectivity index (χ4n) is 1.84. The Labute approximate surface area is 127 Å². The highest BCUT2D eigenvalue weighted by Crippen LogP contribution is 2.46. The van der Waals surface area contributed by atoms with Crippen molar-refractivity contribution >= 4 is 40.7 Å². The molecule has 0 atom stereocenters. The number of carbonyl (C=O) groups is 2. The molecule has 0 saturated heterocycles. The molecule has 2 rings (SSSR count). The molecule has 1 fully saturated rings. The van der Waals surface area contributed by atoms with Gasteiger partial charge in [0, 0.05) is 12.2 Å². The van der Waals surface area contributed by atoms with Crippen molar-refractivity contribution < 1.29 is 9.59 Å². The molecular weight excluding hydrogens is 299 g/mol. The molecular formula is C14H14Cl2N2O2. The van der Waals surface area contributed by atoms with E-state index in [2.05, 4.69) is 17.2 Å². The van der Waals surface area contributed by atoms with Crippen LogP contribution in [0.4, 0.5) is 5.69 Å². The summed E-state index contributed by atoms with van der Waals surface area (Å²) >= 11 is 11.7. The van der Waals surface area contributed by atoms with Crippen molar-refractivity contribution in [2.45, 2.75) is 12.8 Å². The van der Waals surface area contributed by atoms with Crippen LogP contribution < -0.4 is 10.6 Å². The number of hydrogen-bond acceptors (Lipinski definition) is 2. The number of carbonyl (C=O) groups excluding carboxylic acids is 2. The molecule has 1 aromatic rings. The van der Waals surface area contributed by atoms with E-state index in [0.717, 1.165) is 0 Å². The molecule has 20 heavy (non-hydrogen) atoms. The SMILES string of the molecule is C=CCNC(=O)C1(C(=O)Nc2ccc(Cl)c(Cl)c2)CC1. The second kappa shape index (κ2) is 5.85. The van der Waals surface area contributed by atoms with E-state index < -0.39 is 5.41 Å². The lowest BCUT2D eigenvalue weighted by Crippen LogP contribution is -2.40. The maximum absolute atomic E-state index is 12.2. The standard InChI is InChI=1S/C14H14Cl2N2O2/c1-2-7-17-12(19)14(5-6-14)13(20)18-9-3-4-10(15)11(16)8-9/h2-4,8H,1,5-7H2,(H,17,19)(H,18,20). The Morgan fingerprint density at radius 2 is 1.95 bits per heavy atom. The molecule has 6 heteroatoms. The maximum atomic E-state index is 12.2. The predicted octanol–water partition coefficient (Wildman–Crippen LogP) is 3.01. The Hall–Kier alpha value is -1.52. The van der Waals surface area contributed by atoms with Crippen LogP contribution in [0.2, 0.25) is 10.0 Å². The van der Waals surface area contributed by atoms with E-state index in [4.69, 9.17) is 23.2 Å². The molecule has 0 radical (unpaired) electrons. The van der Waals surface area contributed by atoms with Crippen molar-refractivity contribution in [1.82, 2.24) is 5.32 Å². The third-order valence-electron chi connectivity index (χ3n) is 3.20. The summed E-state index contributed by atoms with van der Waals surface area (Å²) in [6, 6.07) is 4.79. The zero-order valence-electron chi connectivity index (χ0n) is 10.7. The third-order valence-corrected chi connectivity index (χ3v) is 3.94. The fraction of sp³-hybridized carbons (Fsp3) is 0.286. The van der Waals surface area contributed by atoms with Crippen LogP contribution in [0.3, 0.4) is 0 Å². The van der Waals surface area contributed by atoms with Crippen molar-refractivity contribution in [1.29, 1.82) is 0 Å². The highest BCUT2D eigenvalue weighted by atomic mass is 35.5. The number of anilines is 1. The molecule has 0 heterocycles. The quantitative estimate of drug-likeness (QED) is 0.648. The first-order valence-corrected chi connectivity index (χ1v) is 6.91. The molecule has 0 aliphatic heterocycles. The van der Waals surface area contributed by atoms with Gasteiger partial charge in [-0.15, -0.1) is 6.58 Å². The lowest BCUT2D eigenvalue weighted by Gasteiger charge is -2.15. The van der Waals surface area contributed by atoms with Crippen LogP contribution in [0.15, 0.2) is 30.9 Å². The van der Waals surface area contributed by atoms with E-state index in [1.54, 1.807) is 24.3 Å². The van der Waals surface area contributed by atoms with Crippen molar-refractivity contribution in [2.75, 3.05) is 11.9 Å². The Morgan fingerprint density at radius 3 is 2.50 bits per heavy atom. The molecule has 0 bridgehead atoms. The van der Waals surface area contributed by atoms with Crippen LogP contribution >= 0.6 is 23.2 Å². The largest absolute Gasteiger partial charge is 0.352 e. The minimum absolute atomic E-state index is 0.269. The molecule has 0 unspecified atom stereocenters. The number of rotatable bonds is 5. The van der Waals surface area contributed by atoms with E-state index in [9.17, 15) is 9.59 Å². The second-order valence-corrected chi connectivity index (χ2v) is 5.48. The van der Waals surface area contributed by atoms with Gasteiger partial charge in [0.15, 0.2) is 0 Å². The van der Waals surface area contributed by atoms with Gasteiger partial charge in [-0.1, -0.05) is 29.3 Å². The molecule has 1 aromatic carbocycles. The summed E-state index contributed by atoms with van der Waals surface area (Å²) in [6.07, 6.45) is 2.66. The van der Waals surface area contributed by atoms with E-state index in [-0.39, 0.29) is 11.8 Å². The van der Waals surface area contributed by atoms with Crippen LogP contribution in [0.25, 0.3) is 0 Å². The molecule has 1 aliphatic rings. The molecule has 0 spiro atoms. The van der Waals surface area contributed by atoms with Crippen molar-refractivity contribution in [3.63, 3.8) is 0 Å². The molecule has 2 N–H and O–H groups in total. The van der Waals surface area contributed by atoms with Crippen LogP contribution in [0.5, 0.6) is 0 Å². The van der Waals surface area contributed by atoms with Crippen molar-refractivity contribution in [3.8, 4) is 0 Å². The maximum Gasteiger partial charge on any atom is 0.240 e. The summed E-state index contributed by atoms with van der Waals surface area (Å²) in [5.41, 5.74) is -0.443. The molecule has 106 valence electrons. The summed E-state index contributed by atoms with van der Waals surface area (Å²) in [7, 11) is 0. The van der Waals surface area contributed by atoms with Gasteiger partial charge in [0.25, 0.3) is 0 Å². The van der Waals surface area contributed by atoms with Gasteiger partial charge in [0.1, 0.15) is 5.41 Å². The van der Waals surface area contributed by atoms with Gasteiger partial charge in [0.2, 0.25) is 11.8 Å². The average molecular weight is 313 g/mol. The fourth-order valence-corrected chi connectivity index (χ4v) is 2.14. The molecule has 4 nitrogen and oxygen atoms in total. The van der Waals surface area contributed by atoms with Gasteiger partial charge in [-0.3, -0.25) is 9.59 Å². The van der Waals surface area contributed by atoms with E-state index in [1.807, 2.05) is 0 Å². The monoisotopic (exact) mass is 312 g/mol. The first-order chi connectivity index (χ1) is 9.49. The topological polar surface area (TPSA) is 58.2 Å². The summed E-state index contributed by atoms with van der Waals surface area (Å²) in [4.78, 5) is 24.2. The molecule has 1 aliphatic carbocycles. The third kappa shape index (κ3) is 2.97. The van der Waals surface area contributed by atoms with E-state index in [1.165, 1.54) is 0 Å².